The highest BCUT2D eigenvalue weighted by Gasteiger charge is 2.04. The molecule has 0 saturated heterocycles. The van der Waals surface area contributed by atoms with Crippen LogP contribution in [0.3, 0.4) is 0 Å². The van der Waals surface area contributed by atoms with E-state index in [-0.39, 0.29) is 29.4 Å². The monoisotopic (exact) mass is 211 g/mol. The van der Waals surface area contributed by atoms with Gasteiger partial charge >= 0.3 is 5.97 Å². The van der Waals surface area contributed by atoms with E-state index in [4.69, 9.17) is 10.8 Å². The fourth-order valence-corrected chi connectivity index (χ4v) is 0.697. The van der Waals surface area contributed by atoms with Gasteiger partial charge in [-0.25, -0.2) is 0 Å². The molecule has 0 aromatic rings. The lowest BCUT2D eigenvalue weighted by atomic mass is 10.1. The first-order valence-electron chi connectivity index (χ1n) is 3.14. The van der Waals surface area contributed by atoms with Crippen LogP contribution in [0.5, 0.6) is 0 Å². The number of hydrogen-bond donors (Lipinski definition) is 2. The van der Waals surface area contributed by atoms with Gasteiger partial charge in [0.2, 0.25) is 0 Å². The van der Waals surface area contributed by atoms with Crippen LogP contribution < -0.4 is 5.73 Å². The molecule has 1 atom stereocenters. The van der Waals surface area contributed by atoms with E-state index < -0.39 is 5.97 Å². The first kappa shape index (κ1) is 12.6. The first-order chi connectivity index (χ1) is 4.16. The van der Waals surface area contributed by atoms with E-state index in [0.717, 1.165) is 12.8 Å². The maximum atomic E-state index is 10.0. The molecule has 4 heteroatoms. The molecule has 3 nitrogen and oxygen atoms in total. The van der Waals surface area contributed by atoms with Crippen molar-refractivity contribution >= 4 is 23.0 Å². The Morgan fingerprint density at radius 3 is 2.50 bits per heavy atom. The van der Waals surface area contributed by atoms with Crippen LogP contribution in [0.1, 0.15) is 26.2 Å². The number of hydrogen-bond acceptors (Lipinski definition) is 2. The molecule has 0 amide bonds. The summed E-state index contributed by atoms with van der Waals surface area (Å²) < 4.78 is 0. The van der Waals surface area contributed by atoms with Crippen molar-refractivity contribution in [2.45, 2.75) is 32.2 Å². The third kappa shape index (κ3) is 7.91. The van der Waals surface area contributed by atoms with E-state index in [1.165, 1.54) is 0 Å². The van der Waals surface area contributed by atoms with Gasteiger partial charge in [0.15, 0.2) is 0 Å². The molecule has 0 spiro atoms. The zero-order valence-electron chi connectivity index (χ0n) is 6.04. The fourth-order valence-electron chi connectivity index (χ4n) is 0.697. The van der Waals surface area contributed by atoms with Gasteiger partial charge in [-0.1, -0.05) is 13.3 Å². The van der Waals surface area contributed by atoms with E-state index in [9.17, 15) is 4.79 Å². The van der Waals surface area contributed by atoms with Gasteiger partial charge in [-0.3, -0.25) is 4.79 Å². The number of halogens is 1. The van der Waals surface area contributed by atoms with Crippen molar-refractivity contribution in [1.29, 1.82) is 0 Å². The lowest BCUT2D eigenvalue weighted by Gasteiger charge is -2.04. The topological polar surface area (TPSA) is 63.3 Å². The summed E-state index contributed by atoms with van der Waals surface area (Å²) in [5, 5.41) is 8.23. The summed E-state index contributed by atoms with van der Waals surface area (Å²) in [6.45, 7) is 1.99. The van der Waals surface area contributed by atoms with Crippen LogP contribution in [0.25, 0.3) is 0 Å². The second-order valence-corrected chi connectivity index (χ2v) is 2.15. The van der Waals surface area contributed by atoms with Crippen molar-refractivity contribution in [3.05, 3.63) is 0 Å². The quantitative estimate of drug-likeness (QED) is 0.735. The van der Waals surface area contributed by atoms with Crippen LogP contribution >= 0.6 is 17.0 Å². The van der Waals surface area contributed by atoms with Crippen LogP contribution in [-0.4, -0.2) is 17.1 Å². The predicted octanol–water partition coefficient (Wildman–Crippen LogP) is 1.17. The van der Waals surface area contributed by atoms with E-state index in [1.807, 2.05) is 6.92 Å². The molecule has 0 fully saturated rings. The highest BCUT2D eigenvalue weighted by molar-refractivity contribution is 8.93. The van der Waals surface area contributed by atoms with Crippen LogP contribution in [0.4, 0.5) is 0 Å². The average molecular weight is 212 g/mol. The zero-order valence-corrected chi connectivity index (χ0v) is 7.75. The third-order valence-corrected chi connectivity index (χ3v) is 1.10. The van der Waals surface area contributed by atoms with Gasteiger partial charge in [0.1, 0.15) is 0 Å². The molecule has 0 aliphatic carbocycles. The lowest BCUT2D eigenvalue weighted by molar-refractivity contribution is -0.137. The van der Waals surface area contributed by atoms with Crippen molar-refractivity contribution in [2.24, 2.45) is 5.73 Å². The molecule has 62 valence electrons. The summed E-state index contributed by atoms with van der Waals surface area (Å²) in [7, 11) is 0. The lowest BCUT2D eigenvalue weighted by Crippen LogP contribution is -2.22. The van der Waals surface area contributed by atoms with Gasteiger partial charge in [0.25, 0.3) is 0 Å². The minimum Gasteiger partial charge on any atom is -0.481 e. The number of rotatable bonds is 4. The number of nitrogens with two attached hydrogens (primary N) is 1. The molecule has 0 aliphatic rings. The molecule has 0 unspecified atom stereocenters. The molecule has 0 rings (SSSR count). The molecule has 10 heavy (non-hydrogen) atoms. The SMILES string of the molecule is Br.CCC[C@@H](N)CC(=O)O. The van der Waals surface area contributed by atoms with Crippen LogP contribution in [0.15, 0.2) is 0 Å². The highest BCUT2D eigenvalue weighted by Crippen LogP contribution is 1.96. The largest absolute Gasteiger partial charge is 0.481 e. The number of carboxylic acids is 1. The second-order valence-electron chi connectivity index (χ2n) is 2.15. The molecule has 0 aliphatic heterocycles. The molecule has 0 saturated carbocycles. The van der Waals surface area contributed by atoms with Gasteiger partial charge in [-0.15, -0.1) is 17.0 Å². The molecule has 0 aromatic carbocycles. The van der Waals surface area contributed by atoms with Crippen LogP contribution in [0.2, 0.25) is 0 Å². The minimum atomic E-state index is -0.809. The molecule has 0 aromatic heterocycles. The Morgan fingerprint density at radius 2 is 2.20 bits per heavy atom. The van der Waals surface area contributed by atoms with E-state index >= 15 is 0 Å². The van der Waals surface area contributed by atoms with Crippen molar-refractivity contribution in [2.75, 3.05) is 0 Å². The summed E-state index contributed by atoms with van der Waals surface area (Å²) in [5.41, 5.74) is 5.40. The molecule has 0 radical (unpaired) electrons. The van der Waals surface area contributed by atoms with Crippen molar-refractivity contribution < 1.29 is 9.90 Å². The summed E-state index contributed by atoms with van der Waals surface area (Å²) in [6.07, 6.45) is 1.84. The summed E-state index contributed by atoms with van der Waals surface area (Å²) in [4.78, 5) is 10.0. The minimum absolute atomic E-state index is 0. The third-order valence-electron chi connectivity index (χ3n) is 1.10. The van der Waals surface area contributed by atoms with E-state index in [1.54, 1.807) is 0 Å². The number of aliphatic carboxylic acids is 1. The first-order valence-corrected chi connectivity index (χ1v) is 3.14. The average Bonchev–Trinajstić information content (AvgIpc) is 1.63. The van der Waals surface area contributed by atoms with Crippen molar-refractivity contribution in [3.8, 4) is 0 Å². The van der Waals surface area contributed by atoms with Crippen LogP contribution in [0, 0.1) is 0 Å². The Labute approximate surface area is 71.4 Å². The van der Waals surface area contributed by atoms with Crippen molar-refractivity contribution in [3.63, 3.8) is 0 Å². The second kappa shape index (κ2) is 7.02. The standard InChI is InChI=1S/C6H13NO2.BrH/c1-2-3-5(7)4-6(8)9;/h5H,2-4,7H2,1H3,(H,8,9);1H/t5-;/m1./s1. The van der Waals surface area contributed by atoms with Gasteiger partial charge < -0.3 is 10.8 Å². The van der Waals surface area contributed by atoms with Gasteiger partial charge in [-0.05, 0) is 6.42 Å². The molecular formula is C6H14BrNO2. The maximum absolute atomic E-state index is 10.0. The Kier molecular flexibility index (Phi) is 8.83. The fraction of sp³-hybridized carbons (Fsp3) is 0.833. The summed E-state index contributed by atoms with van der Waals surface area (Å²) in [5.74, 6) is -0.809. The zero-order chi connectivity index (χ0) is 7.28. The Hall–Kier alpha value is -0.0900. The van der Waals surface area contributed by atoms with E-state index in [2.05, 4.69) is 0 Å². The molecule has 0 heterocycles. The Bertz CT molecular complexity index is 97.7. The summed E-state index contributed by atoms with van der Waals surface area (Å²) >= 11 is 0. The van der Waals surface area contributed by atoms with E-state index in [0.29, 0.717) is 0 Å². The summed E-state index contributed by atoms with van der Waals surface area (Å²) in [6, 6.07) is -0.160. The van der Waals surface area contributed by atoms with Gasteiger partial charge in [-0.2, -0.15) is 0 Å². The highest BCUT2D eigenvalue weighted by atomic mass is 79.9. The predicted molar refractivity (Wildman–Crippen MR) is 45.5 cm³/mol. The normalized spacial score (nSPS) is 11.8. The Balaban J connectivity index is 0. The smallest absolute Gasteiger partial charge is 0.304 e. The number of carboxylic acid groups (broad SMARTS) is 1. The Morgan fingerprint density at radius 1 is 1.70 bits per heavy atom. The van der Waals surface area contributed by atoms with Gasteiger partial charge in [0, 0.05) is 6.04 Å². The molecule has 3 N–H and O–H groups in total. The number of carbonyl (C=O) groups is 1. The van der Waals surface area contributed by atoms with Crippen LogP contribution in [-0.2, 0) is 4.79 Å². The molecular weight excluding hydrogens is 198 g/mol. The maximum Gasteiger partial charge on any atom is 0.304 e. The molecule has 0 bridgehead atoms. The van der Waals surface area contributed by atoms with Gasteiger partial charge in [0.05, 0.1) is 6.42 Å². The van der Waals surface area contributed by atoms with Crippen molar-refractivity contribution in [1.82, 2.24) is 0 Å².